The third-order valence-electron chi connectivity index (χ3n) is 2.57. The Labute approximate surface area is 128 Å². The van der Waals surface area contributed by atoms with Gasteiger partial charge < -0.3 is 5.32 Å². The molecule has 0 amide bonds. The summed E-state index contributed by atoms with van der Waals surface area (Å²) in [7, 11) is 0. The van der Waals surface area contributed by atoms with E-state index in [-0.39, 0.29) is 6.04 Å². The van der Waals surface area contributed by atoms with Crippen molar-refractivity contribution in [1.82, 2.24) is 10.3 Å². The van der Waals surface area contributed by atoms with Gasteiger partial charge in [0.2, 0.25) is 0 Å². The monoisotopic (exact) mass is 388 g/mol. The molecule has 18 heavy (non-hydrogen) atoms. The summed E-state index contributed by atoms with van der Waals surface area (Å²) in [6, 6.07) is 6.19. The second kappa shape index (κ2) is 6.80. The number of hydrogen-bond donors (Lipinski definition) is 1. The summed E-state index contributed by atoms with van der Waals surface area (Å²) in [5, 5.41) is 5.65. The van der Waals surface area contributed by atoms with Crippen LogP contribution in [-0.2, 0) is 0 Å². The van der Waals surface area contributed by atoms with E-state index in [4.69, 9.17) is 0 Å². The number of thiophene rings is 1. The molecule has 2 rings (SSSR count). The first kappa shape index (κ1) is 14.2. The highest BCUT2D eigenvalue weighted by Gasteiger charge is 2.20. The molecule has 2 aromatic rings. The third kappa shape index (κ3) is 3.20. The van der Waals surface area contributed by atoms with Crippen LogP contribution in [0.4, 0.5) is 0 Å². The molecule has 0 aliphatic heterocycles. The Bertz CT molecular complexity index is 513. The fourth-order valence-electron chi connectivity index (χ4n) is 1.72. The quantitative estimate of drug-likeness (QED) is 0.797. The molecule has 0 spiro atoms. The molecule has 1 unspecified atom stereocenters. The lowest BCUT2D eigenvalue weighted by Crippen LogP contribution is -2.24. The minimum atomic E-state index is 0.134. The molecule has 0 saturated heterocycles. The lowest BCUT2D eigenvalue weighted by Gasteiger charge is -2.18. The summed E-state index contributed by atoms with van der Waals surface area (Å²) >= 11 is 8.94. The predicted molar refractivity (Wildman–Crippen MR) is 84.1 cm³/mol. The summed E-state index contributed by atoms with van der Waals surface area (Å²) in [6.07, 6.45) is 2.94. The minimum absolute atomic E-state index is 0.134. The van der Waals surface area contributed by atoms with E-state index in [1.165, 1.54) is 4.88 Å². The molecule has 0 aliphatic rings. The van der Waals surface area contributed by atoms with E-state index in [1.807, 2.05) is 18.3 Å². The van der Waals surface area contributed by atoms with Crippen molar-refractivity contribution in [1.29, 1.82) is 0 Å². The number of nitrogens with zero attached hydrogens (tertiary/aromatic N) is 1. The smallest absolute Gasteiger partial charge is 0.0867 e. The first-order valence-corrected chi connectivity index (χ1v) is 8.27. The second-order valence-electron chi connectivity index (χ2n) is 3.89. The van der Waals surface area contributed by atoms with Crippen LogP contribution in [0, 0.1) is 0 Å². The van der Waals surface area contributed by atoms with Gasteiger partial charge in [0.25, 0.3) is 0 Å². The second-order valence-corrected chi connectivity index (χ2v) is 6.55. The van der Waals surface area contributed by atoms with Crippen LogP contribution in [0.5, 0.6) is 0 Å². The zero-order valence-electron chi connectivity index (χ0n) is 9.99. The van der Waals surface area contributed by atoms with Gasteiger partial charge in [-0.15, -0.1) is 11.3 Å². The van der Waals surface area contributed by atoms with E-state index in [2.05, 4.69) is 60.5 Å². The first-order valence-electron chi connectivity index (χ1n) is 5.80. The maximum absolute atomic E-state index is 4.51. The van der Waals surface area contributed by atoms with Gasteiger partial charge in [0.1, 0.15) is 0 Å². The van der Waals surface area contributed by atoms with Crippen molar-refractivity contribution in [2.45, 2.75) is 19.4 Å². The summed E-state index contributed by atoms with van der Waals surface area (Å²) in [4.78, 5) is 5.77. The first-order chi connectivity index (χ1) is 8.74. The topological polar surface area (TPSA) is 24.9 Å². The Morgan fingerprint density at radius 1 is 1.33 bits per heavy atom. The average Bonchev–Trinajstić information content (AvgIpc) is 2.78. The zero-order chi connectivity index (χ0) is 13.0. The molecule has 2 heterocycles. The van der Waals surface area contributed by atoms with Crippen LogP contribution in [0.2, 0.25) is 0 Å². The van der Waals surface area contributed by atoms with Crippen molar-refractivity contribution >= 4 is 43.2 Å². The lowest BCUT2D eigenvalue weighted by atomic mass is 10.1. The van der Waals surface area contributed by atoms with Crippen molar-refractivity contribution < 1.29 is 0 Å². The van der Waals surface area contributed by atoms with Crippen LogP contribution < -0.4 is 5.32 Å². The zero-order valence-corrected chi connectivity index (χ0v) is 14.0. The largest absolute Gasteiger partial charge is 0.304 e. The molecular formula is C13H14Br2N2S. The summed E-state index contributed by atoms with van der Waals surface area (Å²) in [5.74, 6) is 0. The lowest BCUT2D eigenvalue weighted by molar-refractivity contribution is 0.590. The minimum Gasteiger partial charge on any atom is -0.304 e. The number of halogens is 2. The van der Waals surface area contributed by atoms with Crippen molar-refractivity contribution in [3.8, 4) is 0 Å². The van der Waals surface area contributed by atoms with E-state index in [0.717, 1.165) is 27.6 Å². The van der Waals surface area contributed by atoms with Crippen LogP contribution in [0.1, 0.15) is 30.0 Å². The van der Waals surface area contributed by atoms with Gasteiger partial charge in [0.15, 0.2) is 0 Å². The van der Waals surface area contributed by atoms with Crippen molar-refractivity contribution in [3.63, 3.8) is 0 Å². The van der Waals surface area contributed by atoms with Crippen molar-refractivity contribution in [2.24, 2.45) is 0 Å². The Morgan fingerprint density at radius 2 is 2.17 bits per heavy atom. The van der Waals surface area contributed by atoms with E-state index in [0.29, 0.717) is 0 Å². The van der Waals surface area contributed by atoms with Gasteiger partial charge in [-0.1, -0.05) is 6.92 Å². The molecule has 0 fully saturated rings. The Hall–Kier alpha value is -0.230. The normalized spacial score (nSPS) is 12.6. The van der Waals surface area contributed by atoms with E-state index in [1.54, 1.807) is 11.3 Å². The Morgan fingerprint density at radius 3 is 2.78 bits per heavy atom. The highest BCUT2D eigenvalue weighted by molar-refractivity contribution is 9.10. The third-order valence-corrected chi connectivity index (χ3v) is 5.17. The van der Waals surface area contributed by atoms with Crippen LogP contribution in [0.3, 0.4) is 0 Å². The number of pyridine rings is 1. The summed E-state index contributed by atoms with van der Waals surface area (Å²) in [5.41, 5.74) is 1.04. The molecule has 2 aromatic heterocycles. The Kier molecular flexibility index (Phi) is 5.36. The molecule has 0 radical (unpaired) electrons. The standard InChI is InChI=1S/C13H14Br2N2S/c1-2-6-16-12(13-10(15)5-8-18-13)11-9(14)4-3-7-17-11/h3-5,7-8,12,16H,2,6H2,1H3. The molecule has 1 atom stereocenters. The molecule has 5 heteroatoms. The Balaban J connectivity index is 2.37. The number of nitrogens with one attached hydrogen (secondary N) is 1. The van der Waals surface area contributed by atoms with E-state index < -0.39 is 0 Å². The van der Waals surface area contributed by atoms with Gasteiger partial charge >= 0.3 is 0 Å². The average molecular weight is 390 g/mol. The van der Waals surface area contributed by atoms with Crippen molar-refractivity contribution in [2.75, 3.05) is 6.54 Å². The molecule has 0 aromatic carbocycles. The van der Waals surface area contributed by atoms with Crippen LogP contribution in [0.15, 0.2) is 38.7 Å². The maximum atomic E-state index is 4.51. The fourth-order valence-corrected chi connectivity index (χ4v) is 3.89. The number of hydrogen-bond acceptors (Lipinski definition) is 3. The van der Waals surface area contributed by atoms with Gasteiger partial charge in [-0.25, -0.2) is 0 Å². The van der Waals surface area contributed by atoms with Crippen LogP contribution in [0.25, 0.3) is 0 Å². The molecule has 0 saturated carbocycles. The summed E-state index contributed by atoms with van der Waals surface area (Å²) in [6.45, 7) is 3.14. The van der Waals surface area contributed by atoms with Crippen molar-refractivity contribution in [3.05, 3.63) is 49.3 Å². The predicted octanol–water partition coefficient (Wildman–Crippen LogP) is 4.76. The molecule has 2 nitrogen and oxygen atoms in total. The van der Waals surface area contributed by atoms with Crippen LogP contribution >= 0.6 is 43.2 Å². The molecular weight excluding hydrogens is 376 g/mol. The van der Waals surface area contributed by atoms with Gasteiger partial charge in [-0.3, -0.25) is 4.98 Å². The maximum Gasteiger partial charge on any atom is 0.0867 e. The van der Waals surface area contributed by atoms with Crippen LogP contribution in [-0.4, -0.2) is 11.5 Å². The fraction of sp³-hybridized carbons (Fsp3) is 0.308. The SMILES string of the molecule is CCCNC(c1ncccc1Br)c1sccc1Br. The molecule has 0 bridgehead atoms. The highest BCUT2D eigenvalue weighted by atomic mass is 79.9. The van der Waals surface area contributed by atoms with Gasteiger partial charge in [0, 0.05) is 20.0 Å². The molecule has 96 valence electrons. The van der Waals surface area contributed by atoms with Gasteiger partial charge in [0.05, 0.1) is 11.7 Å². The van der Waals surface area contributed by atoms with E-state index in [9.17, 15) is 0 Å². The van der Waals surface area contributed by atoms with Gasteiger partial charge in [-0.2, -0.15) is 0 Å². The number of aromatic nitrogens is 1. The highest BCUT2D eigenvalue weighted by Crippen LogP contribution is 2.34. The summed E-state index contributed by atoms with van der Waals surface area (Å²) < 4.78 is 2.18. The van der Waals surface area contributed by atoms with Gasteiger partial charge in [-0.05, 0) is 68.4 Å². The molecule has 0 aliphatic carbocycles. The number of rotatable bonds is 5. The van der Waals surface area contributed by atoms with E-state index >= 15 is 0 Å². The molecule has 1 N–H and O–H groups in total.